The first-order valence-corrected chi connectivity index (χ1v) is 5.20. The van der Waals surface area contributed by atoms with Gasteiger partial charge in [0, 0.05) is 12.7 Å². The number of nitrogens with one attached hydrogen (secondary N) is 1. The number of aryl methyl sites for hydroxylation is 1. The molecule has 0 spiro atoms. The van der Waals surface area contributed by atoms with Gasteiger partial charge in [-0.2, -0.15) is 0 Å². The zero-order valence-electron chi connectivity index (χ0n) is 9.47. The van der Waals surface area contributed by atoms with Crippen molar-refractivity contribution in [2.45, 2.75) is 6.92 Å². The van der Waals surface area contributed by atoms with E-state index < -0.39 is 5.97 Å². The van der Waals surface area contributed by atoms with Crippen LogP contribution in [0, 0.1) is 6.92 Å². The van der Waals surface area contributed by atoms with Gasteiger partial charge in [0.05, 0.1) is 11.2 Å². The molecule has 0 saturated carbocycles. The predicted molar refractivity (Wildman–Crippen MR) is 65.6 cm³/mol. The SMILES string of the molecule is C=CCNc1ccc2c(C(=O)O)nc(C)n2c1. The average Bonchev–Trinajstić information content (AvgIpc) is 2.64. The Bertz CT molecular complexity index is 587. The molecule has 88 valence electrons. The number of aromatic nitrogens is 2. The second-order valence-electron chi connectivity index (χ2n) is 3.66. The van der Waals surface area contributed by atoms with E-state index in [1.54, 1.807) is 23.5 Å². The lowest BCUT2D eigenvalue weighted by atomic mass is 10.3. The van der Waals surface area contributed by atoms with Crippen molar-refractivity contribution in [3.63, 3.8) is 0 Å². The topological polar surface area (TPSA) is 66.6 Å². The minimum absolute atomic E-state index is 0.0813. The average molecular weight is 231 g/mol. The number of fused-ring (bicyclic) bond motifs is 1. The van der Waals surface area contributed by atoms with Gasteiger partial charge in [-0.15, -0.1) is 6.58 Å². The van der Waals surface area contributed by atoms with Crippen LogP contribution in [0.4, 0.5) is 5.69 Å². The number of hydrogen-bond donors (Lipinski definition) is 2. The predicted octanol–water partition coefficient (Wildman–Crippen LogP) is 1.94. The fraction of sp³-hybridized carbons (Fsp3) is 0.167. The molecule has 2 heterocycles. The molecule has 0 aliphatic heterocycles. The maximum atomic E-state index is 11.0. The molecule has 2 aromatic rings. The summed E-state index contributed by atoms with van der Waals surface area (Å²) < 4.78 is 1.76. The standard InChI is InChI=1S/C12H13N3O2/c1-3-6-13-9-4-5-10-11(12(16)17)14-8(2)15(10)7-9/h3-5,7,13H,1,6H2,2H3,(H,16,17). The Kier molecular flexibility index (Phi) is 2.82. The van der Waals surface area contributed by atoms with Crippen molar-refractivity contribution in [1.82, 2.24) is 9.38 Å². The smallest absolute Gasteiger partial charge is 0.356 e. The first-order valence-electron chi connectivity index (χ1n) is 5.20. The fourth-order valence-corrected chi connectivity index (χ4v) is 1.69. The molecular formula is C12H13N3O2. The third kappa shape index (κ3) is 1.99. The quantitative estimate of drug-likeness (QED) is 0.789. The van der Waals surface area contributed by atoms with E-state index in [2.05, 4.69) is 16.9 Å². The number of carboxylic acids is 1. The van der Waals surface area contributed by atoms with Gasteiger partial charge in [0.2, 0.25) is 0 Å². The zero-order valence-corrected chi connectivity index (χ0v) is 9.47. The Balaban J connectivity index is 2.51. The Morgan fingerprint density at radius 3 is 3.06 bits per heavy atom. The van der Waals surface area contributed by atoms with E-state index in [9.17, 15) is 4.79 Å². The second kappa shape index (κ2) is 4.29. The van der Waals surface area contributed by atoms with Crippen LogP contribution in [0.25, 0.3) is 5.52 Å². The molecule has 0 radical (unpaired) electrons. The molecule has 2 N–H and O–H groups in total. The van der Waals surface area contributed by atoms with E-state index in [4.69, 9.17) is 5.11 Å². The highest BCUT2D eigenvalue weighted by atomic mass is 16.4. The summed E-state index contributed by atoms with van der Waals surface area (Å²) in [5.41, 5.74) is 1.58. The van der Waals surface area contributed by atoms with Crippen LogP contribution in [0.1, 0.15) is 16.3 Å². The molecule has 0 aliphatic carbocycles. The molecule has 0 unspecified atom stereocenters. The summed E-state index contributed by atoms with van der Waals surface area (Å²) >= 11 is 0. The number of hydrogen-bond acceptors (Lipinski definition) is 3. The van der Waals surface area contributed by atoms with Crippen LogP contribution >= 0.6 is 0 Å². The fourth-order valence-electron chi connectivity index (χ4n) is 1.69. The van der Waals surface area contributed by atoms with Crippen LogP contribution < -0.4 is 5.32 Å². The lowest BCUT2D eigenvalue weighted by molar-refractivity contribution is 0.0693. The minimum atomic E-state index is -1.01. The van der Waals surface area contributed by atoms with Crippen molar-refractivity contribution in [2.24, 2.45) is 0 Å². The summed E-state index contributed by atoms with van der Waals surface area (Å²) in [7, 11) is 0. The first kappa shape index (κ1) is 11.2. The molecule has 2 aromatic heterocycles. The van der Waals surface area contributed by atoms with Gasteiger partial charge in [-0.3, -0.25) is 0 Å². The van der Waals surface area contributed by atoms with Crippen molar-refractivity contribution in [3.8, 4) is 0 Å². The highest BCUT2D eigenvalue weighted by molar-refractivity contribution is 5.93. The van der Waals surface area contributed by atoms with Gasteiger partial charge in [-0.1, -0.05) is 6.08 Å². The number of rotatable bonds is 4. The number of nitrogens with zero attached hydrogens (tertiary/aromatic N) is 2. The number of carboxylic acid groups (broad SMARTS) is 1. The Hall–Kier alpha value is -2.30. The molecule has 0 amide bonds. The first-order chi connectivity index (χ1) is 8.13. The Morgan fingerprint density at radius 1 is 1.65 bits per heavy atom. The van der Waals surface area contributed by atoms with Gasteiger partial charge in [0.15, 0.2) is 5.69 Å². The minimum Gasteiger partial charge on any atom is -0.476 e. The summed E-state index contributed by atoms with van der Waals surface area (Å²) in [6, 6.07) is 3.57. The van der Waals surface area contributed by atoms with Crippen LogP contribution in [0.2, 0.25) is 0 Å². The van der Waals surface area contributed by atoms with E-state index in [1.165, 1.54) is 0 Å². The van der Waals surface area contributed by atoms with E-state index in [0.29, 0.717) is 17.9 Å². The molecule has 0 bridgehead atoms. The zero-order chi connectivity index (χ0) is 12.4. The molecule has 0 aromatic carbocycles. The largest absolute Gasteiger partial charge is 0.476 e. The number of anilines is 1. The van der Waals surface area contributed by atoms with Crippen molar-refractivity contribution < 1.29 is 9.90 Å². The summed E-state index contributed by atoms with van der Waals surface area (Å²) in [5.74, 6) is -0.359. The maximum absolute atomic E-state index is 11.0. The van der Waals surface area contributed by atoms with E-state index in [0.717, 1.165) is 5.69 Å². The van der Waals surface area contributed by atoms with Crippen LogP contribution in [-0.2, 0) is 0 Å². The lowest BCUT2D eigenvalue weighted by Crippen LogP contribution is -2.00. The van der Waals surface area contributed by atoms with E-state index in [1.807, 2.05) is 12.3 Å². The number of carbonyl (C=O) groups is 1. The van der Waals surface area contributed by atoms with Crippen LogP contribution in [0.15, 0.2) is 31.0 Å². The molecule has 17 heavy (non-hydrogen) atoms. The van der Waals surface area contributed by atoms with Gasteiger partial charge < -0.3 is 14.8 Å². The summed E-state index contributed by atoms with van der Waals surface area (Å²) in [6.07, 6.45) is 3.58. The van der Waals surface area contributed by atoms with Gasteiger partial charge >= 0.3 is 5.97 Å². The molecule has 0 atom stereocenters. The number of pyridine rings is 1. The van der Waals surface area contributed by atoms with E-state index in [-0.39, 0.29) is 5.69 Å². The molecule has 0 aliphatic rings. The Morgan fingerprint density at radius 2 is 2.41 bits per heavy atom. The molecule has 0 saturated heterocycles. The Labute approximate surface area is 98.4 Å². The number of imidazole rings is 1. The highest BCUT2D eigenvalue weighted by Crippen LogP contribution is 2.16. The highest BCUT2D eigenvalue weighted by Gasteiger charge is 2.14. The number of aromatic carboxylic acids is 1. The van der Waals surface area contributed by atoms with Crippen molar-refractivity contribution in [3.05, 3.63) is 42.5 Å². The van der Waals surface area contributed by atoms with Gasteiger partial charge in [0.25, 0.3) is 0 Å². The van der Waals surface area contributed by atoms with Gasteiger partial charge in [-0.25, -0.2) is 9.78 Å². The molecule has 5 heteroatoms. The van der Waals surface area contributed by atoms with Crippen molar-refractivity contribution in [1.29, 1.82) is 0 Å². The van der Waals surface area contributed by atoms with E-state index >= 15 is 0 Å². The second-order valence-corrected chi connectivity index (χ2v) is 3.66. The maximum Gasteiger partial charge on any atom is 0.356 e. The summed E-state index contributed by atoms with van der Waals surface area (Å²) in [4.78, 5) is 15.0. The van der Waals surface area contributed by atoms with Crippen LogP contribution in [0.5, 0.6) is 0 Å². The molecule has 0 fully saturated rings. The molecule has 2 rings (SSSR count). The molecule has 5 nitrogen and oxygen atoms in total. The monoisotopic (exact) mass is 231 g/mol. The molecular weight excluding hydrogens is 218 g/mol. The van der Waals surface area contributed by atoms with Gasteiger partial charge in [-0.05, 0) is 19.1 Å². The third-order valence-electron chi connectivity index (χ3n) is 2.47. The third-order valence-corrected chi connectivity index (χ3v) is 2.47. The van der Waals surface area contributed by atoms with Crippen LogP contribution in [0.3, 0.4) is 0 Å². The van der Waals surface area contributed by atoms with Crippen molar-refractivity contribution in [2.75, 3.05) is 11.9 Å². The summed E-state index contributed by atoms with van der Waals surface area (Å²) in [5, 5.41) is 12.1. The summed E-state index contributed by atoms with van der Waals surface area (Å²) in [6.45, 7) is 6.06. The van der Waals surface area contributed by atoms with Crippen molar-refractivity contribution >= 4 is 17.2 Å². The normalized spacial score (nSPS) is 10.4. The van der Waals surface area contributed by atoms with Crippen LogP contribution in [-0.4, -0.2) is 27.0 Å². The van der Waals surface area contributed by atoms with Gasteiger partial charge in [0.1, 0.15) is 5.82 Å². The lowest BCUT2D eigenvalue weighted by Gasteiger charge is -2.04.